The standard InChI is InChI=1S/C13H16O4/c1-2-16-13(15)10-17-12-7-5-11(6-8-12)4-3-9-14/h3-8,14H,2,9-10H2,1H3. The Morgan fingerprint density at radius 2 is 2.06 bits per heavy atom. The normalized spacial score (nSPS) is 10.5. The number of aliphatic hydroxyl groups is 1. The first-order chi connectivity index (χ1) is 8.26. The van der Waals surface area contributed by atoms with E-state index < -0.39 is 0 Å². The molecular formula is C13H16O4. The molecule has 4 heteroatoms. The van der Waals surface area contributed by atoms with E-state index in [0.717, 1.165) is 5.56 Å². The van der Waals surface area contributed by atoms with Gasteiger partial charge >= 0.3 is 5.97 Å². The maximum absolute atomic E-state index is 11.0. The minimum Gasteiger partial charge on any atom is -0.482 e. The summed E-state index contributed by atoms with van der Waals surface area (Å²) < 4.78 is 9.97. The number of carbonyl (C=O) groups excluding carboxylic acids is 1. The highest BCUT2D eigenvalue weighted by molar-refractivity contribution is 5.71. The van der Waals surface area contributed by atoms with E-state index in [9.17, 15) is 4.79 Å². The van der Waals surface area contributed by atoms with Crippen LogP contribution in [0.4, 0.5) is 0 Å². The molecule has 1 aromatic carbocycles. The van der Waals surface area contributed by atoms with Crippen LogP contribution in [0.15, 0.2) is 30.3 Å². The Labute approximate surface area is 100 Å². The lowest BCUT2D eigenvalue weighted by Crippen LogP contribution is -2.14. The highest BCUT2D eigenvalue weighted by Gasteiger charge is 2.02. The molecule has 17 heavy (non-hydrogen) atoms. The molecule has 0 aliphatic rings. The molecule has 0 atom stereocenters. The van der Waals surface area contributed by atoms with E-state index in [1.165, 1.54) is 0 Å². The zero-order chi connectivity index (χ0) is 12.5. The fourth-order valence-corrected chi connectivity index (χ4v) is 1.21. The molecule has 0 bridgehead atoms. The van der Waals surface area contributed by atoms with Gasteiger partial charge in [-0.05, 0) is 24.6 Å². The van der Waals surface area contributed by atoms with Crippen molar-refractivity contribution in [1.82, 2.24) is 0 Å². The number of hydrogen-bond acceptors (Lipinski definition) is 4. The molecule has 92 valence electrons. The van der Waals surface area contributed by atoms with Crippen molar-refractivity contribution in [3.8, 4) is 5.75 Å². The summed E-state index contributed by atoms with van der Waals surface area (Å²) in [7, 11) is 0. The van der Waals surface area contributed by atoms with Crippen LogP contribution in [-0.4, -0.2) is 30.9 Å². The largest absolute Gasteiger partial charge is 0.482 e. The number of aliphatic hydroxyl groups excluding tert-OH is 1. The molecule has 0 saturated heterocycles. The van der Waals surface area contributed by atoms with Gasteiger partial charge < -0.3 is 14.6 Å². The molecular weight excluding hydrogens is 220 g/mol. The van der Waals surface area contributed by atoms with Crippen molar-refractivity contribution in [2.24, 2.45) is 0 Å². The quantitative estimate of drug-likeness (QED) is 0.763. The van der Waals surface area contributed by atoms with Crippen LogP contribution >= 0.6 is 0 Å². The third kappa shape index (κ3) is 5.17. The summed E-state index contributed by atoms with van der Waals surface area (Å²) in [5.74, 6) is 0.232. The molecule has 0 spiro atoms. The number of rotatable bonds is 6. The number of benzene rings is 1. The molecule has 0 aliphatic heterocycles. The first-order valence-corrected chi connectivity index (χ1v) is 5.42. The van der Waals surface area contributed by atoms with Crippen LogP contribution in [0.1, 0.15) is 12.5 Å². The Bertz CT molecular complexity index is 368. The third-order valence-corrected chi connectivity index (χ3v) is 1.96. The van der Waals surface area contributed by atoms with Crippen LogP contribution < -0.4 is 4.74 Å². The van der Waals surface area contributed by atoms with Crippen molar-refractivity contribution in [3.63, 3.8) is 0 Å². The van der Waals surface area contributed by atoms with Crippen molar-refractivity contribution in [3.05, 3.63) is 35.9 Å². The van der Waals surface area contributed by atoms with Gasteiger partial charge in [-0.25, -0.2) is 4.79 Å². The molecule has 0 radical (unpaired) electrons. The highest BCUT2D eigenvalue weighted by atomic mass is 16.6. The van der Waals surface area contributed by atoms with Crippen LogP contribution in [0.3, 0.4) is 0 Å². The number of hydrogen-bond donors (Lipinski definition) is 1. The van der Waals surface area contributed by atoms with Gasteiger partial charge in [0.2, 0.25) is 0 Å². The van der Waals surface area contributed by atoms with Crippen molar-refractivity contribution < 1.29 is 19.4 Å². The number of esters is 1. The molecule has 4 nitrogen and oxygen atoms in total. The summed E-state index contributed by atoms with van der Waals surface area (Å²) in [6.07, 6.45) is 3.45. The fraction of sp³-hybridized carbons (Fsp3) is 0.308. The summed E-state index contributed by atoms with van der Waals surface area (Å²) in [4.78, 5) is 11.0. The summed E-state index contributed by atoms with van der Waals surface area (Å²) in [6.45, 7) is 2.04. The van der Waals surface area contributed by atoms with E-state index in [1.54, 1.807) is 31.2 Å². The highest BCUT2D eigenvalue weighted by Crippen LogP contribution is 2.13. The first-order valence-electron chi connectivity index (χ1n) is 5.42. The average molecular weight is 236 g/mol. The minimum absolute atomic E-state index is 0.0150. The van der Waals surface area contributed by atoms with E-state index in [4.69, 9.17) is 14.6 Å². The second-order valence-electron chi connectivity index (χ2n) is 3.25. The number of ether oxygens (including phenoxy) is 2. The van der Waals surface area contributed by atoms with E-state index >= 15 is 0 Å². The van der Waals surface area contributed by atoms with Gasteiger partial charge in [0.25, 0.3) is 0 Å². The molecule has 0 fully saturated rings. The van der Waals surface area contributed by atoms with Crippen LogP contribution in [0.25, 0.3) is 6.08 Å². The third-order valence-electron chi connectivity index (χ3n) is 1.96. The Morgan fingerprint density at radius 3 is 2.65 bits per heavy atom. The summed E-state index contributed by atoms with van der Waals surface area (Å²) in [6, 6.07) is 7.20. The van der Waals surface area contributed by atoms with Gasteiger partial charge in [-0.3, -0.25) is 0 Å². The Hall–Kier alpha value is -1.81. The van der Waals surface area contributed by atoms with Crippen molar-refractivity contribution in [2.45, 2.75) is 6.92 Å². The number of carbonyl (C=O) groups is 1. The zero-order valence-electron chi connectivity index (χ0n) is 9.76. The van der Waals surface area contributed by atoms with Crippen molar-refractivity contribution in [2.75, 3.05) is 19.8 Å². The fourth-order valence-electron chi connectivity index (χ4n) is 1.21. The molecule has 0 unspecified atom stereocenters. The van der Waals surface area contributed by atoms with Gasteiger partial charge in [0, 0.05) is 0 Å². The van der Waals surface area contributed by atoms with E-state index in [-0.39, 0.29) is 19.2 Å². The SMILES string of the molecule is CCOC(=O)COc1ccc(C=CCO)cc1. The topological polar surface area (TPSA) is 55.8 Å². The molecule has 0 aliphatic carbocycles. The van der Waals surface area contributed by atoms with E-state index in [0.29, 0.717) is 12.4 Å². The molecule has 0 amide bonds. The van der Waals surface area contributed by atoms with Crippen LogP contribution in [-0.2, 0) is 9.53 Å². The molecule has 1 N–H and O–H groups in total. The smallest absolute Gasteiger partial charge is 0.344 e. The van der Waals surface area contributed by atoms with Crippen molar-refractivity contribution in [1.29, 1.82) is 0 Å². The minimum atomic E-state index is -0.378. The lowest BCUT2D eigenvalue weighted by Gasteiger charge is -2.05. The maximum atomic E-state index is 11.0. The van der Waals surface area contributed by atoms with Gasteiger partial charge in [0.05, 0.1) is 13.2 Å². The molecule has 1 aromatic rings. The molecule has 0 aromatic heterocycles. The van der Waals surface area contributed by atoms with Gasteiger partial charge in [0.15, 0.2) is 6.61 Å². The molecule has 1 rings (SSSR count). The first kappa shape index (κ1) is 13.3. The van der Waals surface area contributed by atoms with E-state index in [2.05, 4.69) is 0 Å². The molecule has 0 saturated carbocycles. The second-order valence-corrected chi connectivity index (χ2v) is 3.25. The summed E-state index contributed by atoms with van der Waals surface area (Å²) >= 11 is 0. The monoisotopic (exact) mass is 236 g/mol. The average Bonchev–Trinajstić information content (AvgIpc) is 2.35. The van der Waals surface area contributed by atoms with Crippen LogP contribution in [0.2, 0.25) is 0 Å². The Kier molecular flexibility index (Phi) is 5.82. The van der Waals surface area contributed by atoms with Crippen molar-refractivity contribution >= 4 is 12.0 Å². The Balaban J connectivity index is 2.45. The Morgan fingerprint density at radius 1 is 1.35 bits per heavy atom. The van der Waals surface area contributed by atoms with Gasteiger partial charge in [-0.1, -0.05) is 24.3 Å². The van der Waals surface area contributed by atoms with Gasteiger partial charge in [-0.2, -0.15) is 0 Å². The summed E-state index contributed by atoms with van der Waals surface area (Å²) in [5.41, 5.74) is 0.961. The lowest BCUT2D eigenvalue weighted by molar-refractivity contribution is -0.145. The van der Waals surface area contributed by atoms with E-state index in [1.807, 2.05) is 12.1 Å². The lowest BCUT2D eigenvalue weighted by atomic mass is 10.2. The predicted octanol–water partition coefficient (Wildman–Crippen LogP) is 1.63. The second kappa shape index (κ2) is 7.46. The van der Waals surface area contributed by atoms with Gasteiger partial charge in [-0.15, -0.1) is 0 Å². The van der Waals surface area contributed by atoms with Crippen LogP contribution in [0.5, 0.6) is 5.75 Å². The molecule has 0 heterocycles. The van der Waals surface area contributed by atoms with Crippen LogP contribution in [0, 0.1) is 0 Å². The van der Waals surface area contributed by atoms with Gasteiger partial charge in [0.1, 0.15) is 5.75 Å². The maximum Gasteiger partial charge on any atom is 0.344 e. The zero-order valence-corrected chi connectivity index (χ0v) is 9.76. The predicted molar refractivity (Wildman–Crippen MR) is 64.7 cm³/mol. The summed E-state index contributed by atoms with van der Waals surface area (Å²) in [5, 5.41) is 8.62.